The fourth-order valence-electron chi connectivity index (χ4n) is 8.87. The van der Waals surface area contributed by atoms with Crippen LogP contribution in [0.25, 0.3) is 66.4 Å². The molecule has 0 aliphatic heterocycles. The van der Waals surface area contributed by atoms with E-state index in [2.05, 4.69) is 231 Å². The van der Waals surface area contributed by atoms with Crippen LogP contribution < -0.4 is 4.90 Å². The molecule has 0 fully saturated rings. The molecule has 1 aliphatic rings. The minimum Gasteiger partial charge on any atom is -0.310 e. The van der Waals surface area contributed by atoms with Crippen LogP contribution in [-0.4, -0.2) is 0 Å². The maximum atomic E-state index is 2.43. The van der Waals surface area contributed by atoms with Crippen LogP contribution in [0.2, 0.25) is 0 Å². The van der Waals surface area contributed by atoms with E-state index in [9.17, 15) is 0 Å². The molecule has 56 heavy (non-hydrogen) atoms. The van der Waals surface area contributed by atoms with E-state index in [0.29, 0.717) is 0 Å². The van der Waals surface area contributed by atoms with Crippen LogP contribution in [0.1, 0.15) is 25.0 Å². The molecular weight excluding hydrogens is 675 g/mol. The van der Waals surface area contributed by atoms with Crippen molar-refractivity contribution in [2.45, 2.75) is 19.3 Å². The van der Waals surface area contributed by atoms with Crippen molar-refractivity contribution in [2.75, 3.05) is 4.90 Å². The zero-order valence-corrected chi connectivity index (χ0v) is 31.7. The number of anilines is 3. The lowest BCUT2D eigenvalue weighted by Crippen LogP contribution is -2.16. The summed E-state index contributed by atoms with van der Waals surface area (Å²) in [7, 11) is 0. The molecule has 0 aromatic heterocycles. The molecule has 0 atom stereocenters. The van der Waals surface area contributed by atoms with Gasteiger partial charge in [-0.2, -0.15) is 0 Å². The van der Waals surface area contributed by atoms with Crippen LogP contribution in [0.3, 0.4) is 0 Å². The van der Waals surface area contributed by atoms with Gasteiger partial charge in [-0.1, -0.05) is 190 Å². The van der Waals surface area contributed by atoms with Crippen molar-refractivity contribution >= 4 is 27.8 Å². The summed E-state index contributed by atoms with van der Waals surface area (Å²) in [5.41, 5.74) is 18.5. The summed E-state index contributed by atoms with van der Waals surface area (Å²) in [6, 6.07) is 77.4. The van der Waals surface area contributed by atoms with E-state index >= 15 is 0 Å². The van der Waals surface area contributed by atoms with Crippen LogP contribution >= 0.6 is 0 Å². The highest BCUT2D eigenvalue weighted by molar-refractivity contribution is 6.04. The van der Waals surface area contributed by atoms with E-state index in [-0.39, 0.29) is 5.41 Å². The first-order chi connectivity index (χ1) is 27.5. The second-order valence-electron chi connectivity index (χ2n) is 15.3. The third kappa shape index (κ3) is 5.72. The topological polar surface area (TPSA) is 3.24 Å². The average molecular weight is 716 g/mol. The van der Waals surface area contributed by atoms with Gasteiger partial charge in [0.15, 0.2) is 0 Å². The first-order valence-corrected chi connectivity index (χ1v) is 19.5. The van der Waals surface area contributed by atoms with Crippen molar-refractivity contribution < 1.29 is 0 Å². The highest BCUT2D eigenvalue weighted by atomic mass is 15.1. The Balaban J connectivity index is 1.05. The number of nitrogens with zero attached hydrogens (tertiary/aromatic N) is 1. The quantitative estimate of drug-likeness (QED) is 0.159. The van der Waals surface area contributed by atoms with E-state index in [4.69, 9.17) is 0 Å². The molecule has 0 saturated heterocycles. The van der Waals surface area contributed by atoms with Crippen molar-refractivity contribution in [1.29, 1.82) is 0 Å². The lowest BCUT2D eigenvalue weighted by Gasteiger charge is -2.28. The Labute approximate surface area is 329 Å². The number of hydrogen-bond acceptors (Lipinski definition) is 1. The molecule has 9 aromatic carbocycles. The molecule has 10 rings (SSSR count). The number of hydrogen-bond donors (Lipinski definition) is 0. The van der Waals surface area contributed by atoms with Crippen LogP contribution in [0, 0.1) is 0 Å². The molecule has 9 aromatic rings. The normalized spacial score (nSPS) is 12.6. The maximum Gasteiger partial charge on any atom is 0.0465 e. The third-order valence-electron chi connectivity index (χ3n) is 11.7. The van der Waals surface area contributed by atoms with Crippen molar-refractivity contribution in [3.63, 3.8) is 0 Å². The van der Waals surface area contributed by atoms with Gasteiger partial charge >= 0.3 is 0 Å². The van der Waals surface area contributed by atoms with E-state index < -0.39 is 0 Å². The lowest BCUT2D eigenvalue weighted by molar-refractivity contribution is 0.660. The van der Waals surface area contributed by atoms with Crippen LogP contribution in [0.4, 0.5) is 17.1 Å². The third-order valence-corrected chi connectivity index (χ3v) is 11.7. The minimum absolute atomic E-state index is 0.170. The van der Waals surface area contributed by atoms with Crippen LogP contribution in [0.15, 0.2) is 212 Å². The highest BCUT2D eigenvalue weighted by Gasteiger charge is 2.37. The summed E-state index contributed by atoms with van der Waals surface area (Å²) in [5.74, 6) is 0. The summed E-state index contributed by atoms with van der Waals surface area (Å²) in [4.78, 5) is 2.39. The predicted octanol–water partition coefficient (Wildman–Crippen LogP) is 15.3. The molecule has 266 valence electrons. The molecule has 1 heteroatoms. The largest absolute Gasteiger partial charge is 0.310 e. The number of benzene rings is 9. The van der Waals surface area contributed by atoms with Crippen molar-refractivity contribution in [3.8, 4) is 55.6 Å². The minimum atomic E-state index is -0.170. The molecule has 0 saturated carbocycles. The molecule has 0 spiro atoms. The first kappa shape index (κ1) is 33.6. The van der Waals surface area contributed by atoms with Gasteiger partial charge in [-0.3, -0.25) is 0 Å². The second kappa shape index (κ2) is 13.7. The van der Waals surface area contributed by atoms with E-state index in [1.165, 1.54) is 77.5 Å². The SMILES string of the molecule is CC1(C)c2cc(N(c3ccccc3)c3ccc(-c4ccc5ccccc5c4-c4ccccc4)cc3)ccc2-c2c(-c3ccc(-c4ccccc4)cc3)cccc21. The zero-order chi connectivity index (χ0) is 37.6. The standard InChI is InChI=1S/C55H41N/c1-55(2)51-24-14-23-48(41-27-25-39(26-28-41)38-15-6-3-7-16-38)54(51)50-36-34-46(37-52(50)55)56(44-20-10-5-11-21-44)45-32-29-42(30-33-45)49-35-31-40-17-12-13-22-47(40)53(49)43-18-8-4-9-19-43/h3-37H,1-2H3. The van der Waals surface area contributed by atoms with Crippen molar-refractivity contribution in [2.24, 2.45) is 0 Å². The monoisotopic (exact) mass is 715 g/mol. The molecule has 0 bridgehead atoms. The Hall–Kier alpha value is -6.96. The predicted molar refractivity (Wildman–Crippen MR) is 238 cm³/mol. The second-order valence-corrected chi connectivity index (χ2v) is 15.3. The van der Waals surface area contributed by atoms with Crippen LogP contribution in [0.5, 0.6) is 0 Å². The molecule has 0 heterocycles. The molecule has 1 aliphatic carbocycles. The molecule has 0 unspecified atom stereocenters. The number of rotatable bonds is 7. The van der Waals surface area contributed by atoms with Gasteiger partial charge < -0.3 is 4.90 Å². The van der Waals surface area contributed by atoms with Gasteiger partial charge in [0.2, 0.25) is 0 Å². The Morgan fingerprint density at radius 2 is 0.839 bits per heavy atom. The summed E-state index contributed by atoms with van der Waals surface area (Å²) >= 11 is 0. The molecule has 0 N–H and O–H groups in total. The fraction of sp³-hybridized carbons (Fsp3) is 0.0545. The van der Waals surface area contributed by atoms with Gasteiger partial charge in [-0.15, -0.1) is 0 Å². The zero-order valence-electron chi connectivity index (χ0n) is 31.7. The first-order valence-electron chi connectivity index (χ1n) is 19.5. The van der Waals surface area contributed by atoms with Crippen LogP contribution in [-0.2, 0) is 5.41 Å². The molecule has 0 radical (unpaired) electrons. The van der Waals surface area contributed by atoms with E-state index in [1.807, 2.05) is 0 Å². The Kier molecular flexibility index (Phi) is 8.23. The number of para-hydroxylation sites is 1. The summed E-state index contributed by atoms with van der Waals surface area (Å²) in [5, 5.41) is 2.51. The highest BCUT2D eigenvalue weighted by Crippen LogP contribution is 2.54. The summed E-state index contributed by atoms with van der Waals surface area (Å²) in [6.45, 7) is 4.75. The summed E-state index contributed by atoms with van der Waals surface area (Å²) in [6.07, 6.45) is 0. The van der Waals surface area contributed by atoms with Crippen molar-refractivity contribution in [1.82, 2.24) is 0 Å². The van der Waals surface area contributed by atoms with Gasteiger partial charge in [0.05, 0.1) is 0 Å². The smallest absolute Gasteiger partial charge is 0.0465 e. The lowest BCUT2D eigenvalue weighted by atomic mass is 9.81. The summed E-state index contributed by atoms with van der Waals surface area (Å²) < 4.78 is 0. The van der Waals surface area contributed by atoms with Gasteiger partial charge in [-0.25, -0.2) is 0 Å². The van der Waals surface area contributed by atoms with Gasteiger partial charge in [0, 0.05) is 22.5 Å². The number of fused-ring (bicyclic) bond motifs is 4. The van der Waals surface area contributed by atoms with Gasteiger partial charge in [0.1, 0.15) is 0 Å². The Morgan fingerprint density at radius 1 is 0.321 bits per heavy atom. The van der Waals surface area contributed by atoms with E-state index in [0.717, 1.165) is 17.1 Å². The van der Waals surface area contributed by atoms with Gasteiger partial charge in [0.25, 0.3) is 0 Å². The maximum absolute atomic E-state index is 2.43. The molecular formula is C55H41N. The van der Waals surface area contributed by atoms with Gasteiger partial charge in [-0.05, 0) is 114 Å². The Morgan fingerprint density at radius 3 is 1.55 bits per heavy atom. The molecule has 1 nitrogen and oxygen atoms in total. The van der Waals surface area contributed by atoms with Crippen molar-refractivity contribution in [3.05, 3.63) is 223 Å². The Bertz CT molecular complexity index is 2840. The van der Waals surface area contributed by atoms with E-state index in [1.54, 1.807) is 0 Å². The average Bonchev–Trinajstić information content (AvgIpc) is 3.50. The fourth-order valence-corrected chi connectivity index (χ4v) is 8.87. The molecule has 0 amide bonds.